The molecule has 0 radical (unpaired) electrons. The van der Waals surface area contributed by atoms with Crippen LogP contribution < -0.4 is 10.3 Å². The number of benzene rings is 2. The van der Waals surface area contributed by atoms with Crippen molar-refractivity contribution >= 4 is 5.97 Å². The lowest BCUT2D eigenvalue weighted by Gasteiger charge is -2.15. The van der Waals surface area contributed by atoms with E-state index < -0.39 is 17.3 Å². The fourth-order valence-electron chi connectivity index (χ4n) is 2.91. The van der Waals surface area contributed by atoms with Crippen LogP contribution in [-0.4, -0.2) is 24.8 Å². The van der Waals surface area contributed by atoms with E-state index in [1.807, 2.05) is 30.3 Å². The van der Waals surface area contributed by atoms with Crippen LogP contribution >= 0.6 is 0 Å². The second-order valence-electron chi connectivity index (χ2n) is 5.82. The minimum atomic E-state index is -0.643. The first-order valence-corrected chi connectivity index (χ1v) is 8.25. The third-order valence-corrected chi connectivity index (χ3v) is 4.22. The molecule has 0 spiro atoms. The number of pyridine rings is 1. The molecule has 3 rings (SSSR count). The number of ether oxygens (including phenoxy) is 2. The van der Waals surface area contributed by atoms with Crippen molar-refractivity contribution in [2.75, 3.05) is 14.2 Å². The molecule has 2 aromatic carbocycles. The lowest BCUT2D eigenvalue weighted by Crippen LogP contribution is -2.28. The Morgan fingerprint density at radius 1 is 1.00 bits per heavy atom. The quantitative estimate of drug-likeness (QED) is 0.648. The molecular weight excluding hydrogens is 349 g/mol. The zero-order valence-corrected chi connectivity index (χ0v) is 14.9. The maximum atomic E-state index is 14.5. The summed E-state index contributed by atoms with van der Waals surface area (Å²) in [5.41, 5.74) is 0.565. The number of aromatic nitrogens is 1. The fraction of sp³-hybridized carbons (Fsp3) is 0.143. The number of rotatable bonds is 5. The van der Waals surface area contributed by atoms with E-state index in [0.717, 1.165) is 5.56 Å². The molecule has 1 heterocycles. The first-order chi connectivity index (χ1) is 13.1. The van der Waals surface area contributed by atoms with Gasteiger partial charge in [-0.2, -0.15) is 0 Å². The predicted octanol–water partition coefficient (Wildman–Crippen LogP) is 3.50. The second kappa shape index (κ2) is 7.86. The molecule has 0 aliphatic rings. The van der Waals surface area contributed by atoms with Crippen molar-refractivity contribution in [3.05, 3.63) is 88.1 Å². The Hall–Kier alpha value is -3.41. The highest BCUT2D eigenvalue weighted by Crippen LogP contribution is 2.30. The van der Waals surface area contributed by atoms with Gasteiger partial charge in [-0.25, -0.2) is 9.18 Å². The highest BCUT2D eigenvalue weighted by Gasteiger charge is 2.20. The zero-order chi connectivity index (χ0) is 19.4. The van der Waals surface area contributed by atoms with Crippen molar-refractivity contribution in [1.82, 2.24) is 4.57 Å². The van der Waals surface area contributed by atoms with Gasteiger partial charge in [0.25, 0.3) is 5.56 Å². The summed E-state index contributed by atoms with van der Waals surface area (Å²) in [4.78, 5) is 25.3. The Morgan fingerprint density at radius 3 is 2.41 bits per heavy atom. The molecule has 0 N–H and O–H groups in total. The molecule has 3 aromatic rings. The van der Waals surface area contributed by atoms with Crippen molar-refractivity contribution in [3.8, 4) is 16.9 Å². The van der Waals surface area contributed by atoms with Gasteiger partial charge < -0.3 is 9.47 Å². The van der Waals surface area contributed by atoms with Crippen LogP contribution in [0.3, 0.4) is 0 Å². The maximum absolute atomic E-state index is 14.5. The number of esters is 1. The van der Waals surface area contributed by atoms with E-state index in [1.165, 1.54) is 43.1 Å². The average molecular weight is 367 g/mol. The standard InChI is InChI=1S/C21H18FNO4/c1-26-18-10-6-9-16(22)19(18)15-11-12-17(21(25)27-2)23(20(15)24)13-14-7-4-3-5-8-14/h3-12H,13H2,1-2H3. The number of methoxy groups -OCH3 is 2. The van der Waals surface area contributed by atoms with Crippen LogP contribution in [0.25, 0.3) is 11.1 Å². The molecule has 1 aromatic heterocycles. The second-order valence-corrected chi connectivity index (χ2v) is 5.82. The summed E-state index contributed by atoms with van der Waals surface area (Å²) in [5, 5.41) is 0. The Bertz CT molecular complexity index is 1030. The highest BCUT2D eigenvalue weighted by atomic mass is 19.1. The fourth-order valence-corrected chi connectivity index (χ4v) is 2.91. The number of halogens is 1. The van der Waals surface area contributed by atoms with Gasteiger partial charge >= 0.3 is 5.97 Å². The first-order valence-electron chi connectivity index (χ1n) is 8.25. The molecule has 0 amide bonds. The van der Waals surface area contributed by atoms with Gasteiger partial charge in [-0.05, 0) is 29.8 Å². The summed E-state index contributed by atoms with van der Waals surface area (Å²) in [5.74, 6) is -0.984. The Labute approximate surface area is 155 Å². The minimum Gasteiger partial charge on any atom is -0.496 e. The van der Waals surface area contributed by atoms with E-state index in [9.17, 15) is 14.0 Å². The van der Waals surface area contributed by atoms with E-state index in [2.05, 4.69) is 0 Å². The molecule has 0 saturated carbocycles. The molecule has 27 heavy (non-hydrogen) atoms. The van der Waals surface area contributed by atoms with Crippen LogP contribution in [-0.2, 0) is 11.3 Å². The van der Waals surface area contributed by atoms with Crippen molar-refractivity contribution in [1.29, 1.82) is 0 Å². The third kappa shape index (κ3) is 3.60. The van der Waals surface area contributed by atoms with Crippen molar-refractivity contribution in [2.24, 2.45) is 0 Å². The molecule has 138 valence electrons. The largest absolute Gasteiger partial charge is 0.496 e. The topological polar surface area (TPSA) is 57.5 Å². The summed E-state index contributed by atoms with van der Waals surface area (Å²) in [7, 11) is 2.65. The zero-order valence-electron chi connectivity index (χ0n) is 14.9. The predicted molar refractivity (Wildman–Crippen MR) is 99.5 cm³/mol. The van der Waals surface area contributed by atoms with Crippen molar-refractivity contribution in [2.45, 2.75) is 6.54 Å². The van der Waals surface area contributed by atoms with Crippen LogP contribution in [0.15, 0.2) is 65.5 Å². The Balaban J connectivity index is 2.23. The lowest BCUT2D eigenvalue weighted by atomic mass is 10.0. The first kappa shape index (κ1) is 18.4. The van der Waals surface area contributed by atoms with Crippen molar-refractivity contribution in [3.63, 3.8) is 0 Å². The number of nitrogens with zero attached hydrogens (tertiary/aromatic N) is 1. The lowest BCUT2D eigenvalue weighted by molar-refractivity contribution is 0.0587. The molecule has 6 heteroatoms. The average Bonchev–Trinajstić information content (AvgIpc) is 2.70. The third-order valence-electron chi connectivity index (χ3n) is 4.22. The molecule has 0 aliphatic carbocycles. The summed E-state index contributed by atoms with van der Waals surface area (Å²) in [6, 6.07) is 16.4. The normalized spacial score (nSPS) is 10.5. The number of hydrogen-bond donors (Lipinski definition) is 0. The number of carbonyl (C=O) groups is 1. The summed E-state index contributed by atoms with van der Waals surface area (Å²) in [6.45, 7) is 0.148. The van der Waals surface area contributed by atoms with Crippen LogP contribution in [0.1, 0.15) is 16.1 Å². The summed E-state index contributed by atoms with van der Waals surface area (Å²) < 4.78 is 25.7. The Morgan fingerprint density at radius 2 is 1.74 bits per heavy atom. The van der Waals surface area contributed by atoms with Gasteiger partial charge in [0, 0.05) is 0 Å². The highest BCUT2D eigenvalue weighted by molar-refractivity contribution is 5.88. The maximum Gasteiger partial charge on any atom is 0.354 e. The molecule has 0 bridgehead atoms. The molecule has 0 aliphatic heterocycles. The smallest absolute Gasteiger partial charge is 0.354 e. The van der Waals surface area contributed by atoms with Crippen LogP contribution in [0.4, 0.5) is 4.39 Å². The van der Waals surface area contributed by atoms with E-state index >= 15 is 0 Å². The monoisotopic (exact) mass is 367 g/mol. The van der Waals surface area contributed by atoms with Gasteiger partial charge in [-0.1, -0.05) is 36.4 Å². The molecular formula is C21H18FNO4. The van der Waals surface area contributed by atoms with Gasteiger partial charge in [-0.3, -0.25) is 9.36 Å². The van der Waals surface area contributed by atoms with Gasteiger partial charge in [-0.15, -0.1) is 0 Å². The summed E-state index contributed by atoms with van der Waals surface area (Å²) in [6.07, 6.45) is 0. The van der Waals surface area contributed by atoms with Gasteiger partial charge in [0.05, 0.1) is 31.9 Å². The van der Waals surface area contributed by atoms with Gasteiger partial charge in [0.1, 0.15) is 17.3 Å². The van der Waals surface area contributed by atoms with Gasteiger partial charge in [0.15, 0.2) is 0 Å². The Kier molecular flexibility index (Phi) is 5.35. The summed E-state index contributed by atoms with van der Waals surface area (Å²) >= 11 is 0. The van der Waals surface area contributed by atoms with E-state index in [-0.39, 0.29) is 29.1 Å². The van der Waals surface area contributed by atoms with E-state index in [1.54, 1.807) is 6.07 Å². The van der Waals surface area contributed by atoms with E-state index in [0.29, 0.717) is 0 Å². The van der Waals surface area contributed by atoms with Crippen LogP contribution in [0.2, 0.25) is 0 Å². The van der Waals surface area contributed by atoms with Crippen LogP contribution in [0, 0.1) is 5.82 Å². The molecule has 0 atom stereocenters. The SMILES string of the molecule is COC(=O)c1ccc(-c2c(F)cccc2OC)c(=O)n1Cc1ccccc1. The molecule has 5 nitrogen and oxygen atoms in total. The molecule has 0 unspecified atom stereocenters. The number of hydrogen-bond acceptors (Lipinski definition) is 4. The van der Waals surface area contributed by atoms with Crippen LogP contribution in [0.5, 0.6) is 5.75 Å². The molecule has 0 saturated heterocycles. The molecule has 0 fully saturated rings. The minimum absolute atomic E-state index is 0.0585. The van der Waals surface area contributed by atoms with E-state index in [4.69, 9.17) is 9.47 Å². The number of carbonyl (C=O) groups excluding carboxylic acids is 1. The van der Waals surface area contributed by atoms with Crippen molar-refractivity contribution < 1.29 is 18.7 Å². The van der Waals surface area contributed by atoms with Gasteiger partial charge in [0.2, 0.25) is 0 Å².